The minimum atomic E-state index is -1.26. The van der Waals surface area contributed by atoms with Gasteiger partial charge >= 0.3 is 0 Å². The molecular formula is C8H16O4S2. The van der Waals surface area contributed by atoms with Gasteiger partial charge in [0, 0.05) is 0 Å². The fourth-order valence-corrected chi connectivity index (χ4v) is 4.15. The Kier molecular flexibility index (Phi) is 5.58. The number of hydrogen-bond donors (Lipinski definition) is 4. The minimum absolute atomic E-state index is 0.0973. The van der Waals surface area contributed by atoms with Crippen LogP contribution in [0, 0.1) is 0 Å². The summed E-state index contributed by atoms with van der Waals surface area (Å²) in [5.41, 5.74) is 0. The Morgan fingerprint density at radius 3 is 2.21 bits per heavy atom. The van der Waals surface area contributed by atoms with E-state index in [2.05, 4.69) is 0 Å². The molecule has 0 bridgehead atoms. The zero-order chi connectivity index (χ0) is 10.6. The molecular weight excluding hydrogens is 224 g/mol. The monoisotopic (exact) mass is 240 g/mol. The largest absolute Gasteiger partial charge is 0.394 e. The van der Waals surface area contributed by atoms with Crippen LogP contribution in [0.15, 0.2) is 0 Å². The first kappa shape index (κ1) is 12.6. The van der Waals surface area contributed by atoms with E-state index in [1.807, 2.05) is 0 Å². The molecule has 1 saturated heterocycles. The number of aliphatic hydroxyl groups excluding tert-OH is 4. The van der Waals surface area contributed by atoms with Crippen molar-refractivity contribution in [1.29, 1.82) is 0 Å². The Bertz CT molecular complexity index is 161. The first-order chi connectivity index (χ1) is 6.66. The van der Waals surface area contributed by atoms with E-state index >= 15 is 0 Å². The maximum absolute atomic E-state index is 9.68. The predicted molar refractivity (Wildman–Crippen MR) is 58.4 cm³/mol. The summed E-state index contributed by atoms with van der Waals surface area (Å²) in [5, 5.41) is 36.9. The molecule has 0 saturated carbocycles. The van der Waals surface area contributed by atoms with Gasteiger partial charge in [0.2, 0.25) is 0 Å². The average molecular weight is 240 g/mol. The van der Waals surface area contributed by atoms with E-state index in [0.29, 0.717) is 0 Å². The maximum atomic E-state index is 9.68. The number of rotatable bonds is 4. The summed E-state index contributed by atoms with van der Waals surface area (Å²) in [5.74, 6) is 1.94. The lowest BCUT2D eigenvalue weighted by molar-refractivity contribution is -0.0706. The van der Waals surface area contributed by atoms with Crippen molar-refractivity contribution < 1.29 is 20.4 Å². The Morgan fingerprint density at radius 1 is 1.14 bits per heavy atom. The fourth-order valence-electron chi connectivity index (χ4n) is 1.20. The van der Waals surface area contributed by atoms with E-state index in [1.165, 1.54) is 0 Å². The quantitative estimate of drug-likeness (QED) is 0.518. The van der Waals surface area contributed by atoms with Crippen molar-refractivity contribution in [3.05, 3.63) is 0 Å². The third-order valence-corrected chi connectivity index (χ3v) is 5.14. The van der Waals surface area contributed by atoms with Gasteiger partial charge in [-0.05, 0) is 17.9 Å². The van der Waals surface area contributed by atoms with Crippen LogP contribution in [0.25, 0.3) is 0 Å². The molecule has 0 aromatic heterocycles. The third-order valence-electron chi connectivity index (χ3n) is 2.06. The van der Waals surface area contributed by atoms with Crippen molar-refractivity contribution in [3.63, 3.8) is 0 Å². The summed E-state index contributed by atoms with van der Waals surface area (Å²) in [6.45, 7) is -0.527. The fraction of sp³-hybridized carbons (Fsp3) is 1.00. The second-order valence-corrected chi connectivity index (χ2v) is 5.99. The molecule has 1 fully saturated rings. The Hall–Kier alpha value is 0.540. The molecule has 0 aliphatic carbocycles. The number of aliphatic hydroxyl groups is 4. The van der Waals surface area contributed by atoms with Gasteiger partial charge in [-0.3, -0.25) is 0 Å². The Morgan fingerprint density at radius 2 is 1.71 bits per heavy atom. The van der Waals surface area contributed by atoms with Crippen LogP contribution < -0.4 is 0 Å². The van der Waals surface area contributed by atoms with E-state index in [9.17, 15) is 10.2 Å². The highest BCUT2D eigenvalue weighted by molar-refractivity contribution is 8.17. The highest BCUT2D eigenvalue weighted by atomic mass is 32.2. The van der Waals surface area contributed by atoms with E-state index in [4.69, 9.17) is 10.2 Å². The van der Waals surface area contributed by atoms with E-state index in [-0.39, 0.29) is 4.58 Å². The summed E-state index contributed by atoms with van der Waals surface area (Å²) in [4.78, 5) is 0. The zero-order valence-corrected chi connectivity index (χ0v) is 9.38. The van der Waals surface area contributed by atoms with Gasteiger partial charge in [-0.1, -0.05) is 0 Å². The molecule has 1 aliphatic heterocycles. The number of thioether (sulfide) groups is 2. The second-order valence-electron chi connectivity index (χ2n) is 3.19. The van der Waals surface area contributed by atoms with Gasteiger partial charge in [-0.25, -0.2) is 0 Å². The highest BCUT2D eigenvalue weighted by Crippen LogP contribution is 2.34. The standard InChI is InChI=1S/C8H16O4S2/c9-4-5(10)6(11)7(12)8-13-2-1-3-14-8/h5-12H,1-4H2/t5-,6-,7+/m1/s1. The molecule has 1 heterocycles. The van der Waals surface area contributed by atoms with Crippen LogP contribution in [0.2, 0.25) is 0 Å². The van der Waals surface area contributed by atoms with Crippen molar-refractivity contribution >= 4 is 23.5 Å². The van der Waals surface area contributed by atoms with Crippen LogP contribution in [-0.2, 0) is 0 Å². The van der Waals surface area contributed by atoms with Gasteiger partial charge in [0.15, 0.2) is 0 Å². The smallest absolute Gasteiger partial charge is 0.110 e. The van der Waals surface area contributed by atoms with Crippen LogP contribution in [-0.4, -0.2) is 61.4 Å². The summed E-state index contributed by atoms with van der Waals surface area (Å²) >= 11 is 3.18. The van der Waals surface area contributed by atoms with Gasteiger partial charge in [0.05, 0.1) is 11.2 Å². The summed E-state index contributed by atoms with van der Waals surface area (Å²) in [6.07, 6.45) is -2.39. The lowest BCUT2D eigenvalue weighted by Crippen LogP contribution is -2.44. The van der Waals surface area contributed by atoms with Crippen molar-refractivity contribution in [2.75, 3.05) is 18.1 Å². The third kappa shape index (κ3) is 3.29. The minimum Gasteiger partial charge on any atom is -0.394 e. The average Bonchev–Trinajstić information content (AvgIpc) is 2.27. The molecule has 1 rings (SSSR count). The molecule has 1 aliphatic rings. The van der Waals surface area contributed by atoms with Crippen molar-refractivity contribution in [2.24, 2.45) is 0 Å². The van der Waals surface area contributed by atoms with Crippen LogP contribution in [0.5, 0.6) is 0 Å². The SMILES string of the molecule is OC[C@@H](O)[C@@H](O)[C@H](O)C1SCCCS1. The van der Waals surface area contributed by atoms with Crippen molar-refractivity contribution in [2.45, 2.75) is 29.3 Å². The first-order valence-corrected chi connectivity index (χ1v) is 6.65. The molecule has 0 aromatic rings. The molecule has 0 radical (unpaired) electrons. The van der Waals surface area contributed by atoms with Gasteiger partial charge in [0.1, 0.15) is 18.3 Å². The predicted octanol–water partition coefficient (Wildman–Crippen LogP) is -0.742. The lowest BCUT2D eigenvalue weighted by atomic mass is 10.1. The summed E-state index contributed by atoms with van der Waals surface area (Å²) < 4.78 is -0.0973. The zero-order valence-electron chi connectivity index (χ0n) is 7.74. The maximum Gasteiger partial charge on any atom is 0.110 e. The molecule has 4 nitrogen and oxygen atoms in total. The molecule has 6 heteroatoms. The van der Waals surface area contributed by atoms with Gasteiger partial charge in [-0.15, -0.1) is 23.5 Å². The number of hydrogen-bond acceptors (Lipinski definition) is 6. The summed E-state index contributed by atoms with van der Waals surface area (Å²) in [7, 11) is 0. The first-order valence-electron chi connectivity index (χ1n) is 4.55. The van der Waals surface area contributed by atoms with Gasteiger partial charge in [-0.2, -0.15) is 0 Å². The molecule has 0 spiro atoms. The Labute approximate surface area is 91.7 Å². The van der Waals surface area contributed by atoms with E-state index < -0.39 is 24.9 Å². The van der Waals surface area contributed by atoms with Crippen LogP contribution in [0.4, 0.5) is 0 Å². The van der Waals surface area contributed by atoms with Crippen LogP contribution in [0.1, 0.15) is 6.42 Å². The molecule has 3 atom stereocenters. The van der Waals surface area contributed by atoms with Crippen molar-refractivity contribution in [3.8, 4) is 0 Å². The van der Waals surface area contributed by atoms with E-state index in [1.54, 1.807) is 23.5 Å². The molecule has 0 aromatic carbocycles. The molecule has 4 N–H and O–H groups in total. The van der Waals surface area contributed by atoms with E-state index in [0.717, 1.165) is 17.9 Å². The van der Waals surface area contributed by atoms with Crippen molar-refractivity contribution in [1.82, 2.24) is 0 Å². The van der Waals surface area contributed by atoms with Crippen LogP contribution in [0.3, 0.4) is 0 Å². The molecule has 0 unspecified atom stereocenters. The molecule has 84 valence electrons. The highest BCUT2D eigenvalue weighted by Gasteiger charge is 2.32. The molecule has 0 amide bonds. The molecule has 14 heavy (non-hydrogen) atoms. The van der Waals surface area contributed by atoms with Gasteiger partial charge in [0.25, 0.3) is 0 Å². The van der Waals surface area contributed by atoms with Gasteiger partial charge < -0.3 is 20.4 Å². The second kappa shape index (κ2) is 6.19. The summed E-state index contributed by atoms with van der Waals surface area (Å²) in [6, 6.07) is 0. The Balaban J connectivity index is 2.41. The van der Waals surface area contributed by atoms with Crippen LogP contribution >= 0.6 is 23.5 Å². The lowest BCUT2D eigenvalue weighted by Gasteiger charge is -2.30. The topological polar surface area (TPSA) is 80.9 Å². The normalized spacial score (nSPS) is 25.7.